The first-order valence-electron chi connectivity index (χ1n) is 11.1. The number of terminal acetylenes is 1. The fourth-order valence-corrected chi connectivity index (χ4v) is 5.16. The molecule has 192 valence electrons. The molecule has 0 aromatic heterocycles. The molecule has 0 saturated carbocycles. The molecule has 0 radical (unpaired) electrons. The van der Waals surface area contributed by atoms with Gasteiger partial charge in [-0.05, 0) is 58.2 Å². The Labute approximate surface area is 225 Å². The average molecular weight is 584 g/mol. The monoisotopic (exact) mass is 583 g/mol. The van der Waals surface area contributed by atoms with Gasteiger partial charge < -0.3 is 9.47 Å². The molecule has 0 spiro atoms. The Hall–Kier alpha value is -3.65. The molecule has 0 aliphatic heterocycles. The summed E-state index contributed by atoms with van der Waals surface area (Å²) in [4.78, 5) is 12.8. The molecule has 37 heavy (non-hydrogen) atoms. The van der Waals surface area contributed by atoms with E-state index in [1.54, 1.807) is 48.5 Å². The molecule has 3 rings (SSSR count). The Morgan fingerprint density at radius 1 is 1.16 bits per heavy atom. The third kappa shape index (κ3) is 7.92. The maximum atomic E-state index is 13.0. The summed E-state index contributed by atoms with van der Waals surface area (Å²) in [5, 5.41) is 4.01. The van der Waals surface area contributed by atoms with E-state index in [0.717, 1.165) is 5.56 Å². The van der Waals surface area contributed by atoms with Crippen molar-refractivity contribution in [3.8, 4) is 23.8 Å². The van der Waals surface area contributed by atoms with Crippen LogP contribution in [-0.4, -0.2) is 34.3 Å². The number of hydrogen-bond acceptors (Lipinski definition) is 6. The van der Waals surface area contributed by atoms with Crippen molar-refractivity contribution in [1.82, 2.24) is 10.1 Å². The van der Waals surface area contributed by atoms with Gasteiger partial charge in [0.15, 0.2) is 11.5 Å². The van der Waals surface area contributed by atoms with Crippen molar-refractivity contribution in [2.45, 2.75) is 24.3 Å². The normalized spacial score (nSPS) is 12.1. The second-order valence-corrected chi connectivity index (χ2v) is 10.5. The molecule has 2 N–H and O–H groups in total. The highest BCUT2D eigenvalue weighted by Gasteiger charge is 2.23. The van der Waals surface area contributed by atoms with Crippen molar-refractivity contribution in [3.63, 3.8) is 0 Å². The first-order valence-corrected chi connectivity index (χ1v) is 13.4. The third-order valence-electron chi connectivity index (χ3n) is 5.17. The van der Waals surface area contributed by atoms with Crippen LogP contribution in [0.25, 0.3) is 0 Å². The second kappa shape index (κ2) is 13.1. The molecule has 8 nitrogen and oxygen atoms in total. The summed E-state index contributed by atoms with van der Waals surface area (Å²) in [5.74, 6) is 2.81. The van der Waals surface area contributed by atoms with Crippen LogP contribution in [0.15, 0.2) is 81.2 Å². The minimum Gasteiger partial charge on any atom is -0.493 e. The van der Waals surface area contributed by atoms with Crippen molar-refractivity contribution >= 4 is 38.1 Å². The van der Waals surface area contributed by atoms with Gasteiger partial charge in [0.1, 0.15) is 6.61 Å². The predicted octanol–water partition coefficient (Wildman–Crippen LogP) is 4.34. The van der Waals surface area contributed by atoms with Gasteiger partial charge in [-0.15, -0.1) is 6.42 Å². The molecule has 10 heteroatoms. The summed E-state index contributed by atoms with van der Waals surface area (Å²) in [6.07, 6.45) is 6.52. The van der Waals surface area contributed by atoms with Crippen LogP contribution in [0.2, 0.25) is 0 Å². The summed E-state index contributed by atoms with van der Waals surface area (Å²) in [7, 11) is -2.37. The predicted molar refractivity (Wildman–Crippen MR) is 146 cm³/mol. The van der Waals surface area contributed by atoms with Gasteiger partial charge in [0.25, 0.3) is 0 Å². The lowest BCUT2D eigenvalue weighted by Gasteiger charge is -2.18. The molecule has 0 bridgehead atoms. The Balaban J connectivity index is 1.73. The number of benzene rings is 3. The van der Waals surface area contributed by atoms with Gasteiger partial charge in [-0.3, -0.25) is 4.79 Å². The molecule has 3 aromatic rings. The van der Waals surface area contributed by atoms with Crippen LogP contribution in [0.5, 0.6) is 11.5 Å². The van der Waals surface area contributed by atoms with Gasteiger partial charge in [0.2, 0.25) is 15.9 Å². The number of nitrogens with zero attached hydrogens (tertiary/aromatic N) is 1. The van der Waals surface area contributed by atoms with Crippen LogP contribution in [0.1, 0.15) is 29.2 Å². The molecule has 0 aliphatic carbocycles. The van der Waals surface area contributed by atoms with Crippen LogP contribution in [-0.2, 0) is 14.8 Å². The van der Waals surface area contributed by atoms with E-state index in [-0.39, 0.29) is 17.9 Å². The van der Waals surface area contributed by atoms with Crippen LogP contribution in [0.3, 0.4) is 0 Å². The number of aryl methyl sites for hydroxylation is 1. The van der Waals surface area contributed by atoms with Gasteiger partial charge in [-0.2, -0.15) is 5.10 Å². The topological polar surface area (TPSA) is 106 Å². The second-order valence-electron chi connectivity index (χ2n) is 7.92. The number of ether oxygens (including phenoxy) is 2. The number of carbonyl (C=O) groups is 1. The van der Waals surface area contributed by atoms with Crippen molar-refractivity contribution < 1.29 is 22.7 Å². The lowest BCUT2D eigenvalue weighted by atomic mass is 10.0. The molecular formula is C27H26BrN3O5S. The molecule has 0 aliphatic rings. The molecular weight excluding hydrogens is 558 g/mol. The maximum Gasteiger partial charge on any atom is 0.242 e. The third-order valence-corrected chi connectivity index (χ3v) is 7.25. The Morgan fingerprint density at radius 3 is 2.51 bits per heavy atom. The average Bonchev–Trinajstić information content (AvgIpc) is 2.88. The largest absolute Gasteiger partial charge is 0.493 e. The van der Waals surface area contributed by atoms with Crippen molar-refractivity contribution in [2.75, 3.05) is 13.7 Å². The van der Waals surface area contributed by atoms with Gasteiger partial charge in [0, 0.05) is 6.42 Å². The standard InChI is InChI=1S/C27H26BrN3O5S/c1-4-14-36-27-23(28)15-20(16-25(27)35-3)18-29-30-26(32)17-24(21-8-6-5-7-9-21)31-37(33,34)22-12-10-19(2)11-13-22/h1,5-13,15-16,18,24,31H,14,17H2,2-3H3,(H,30,32)/b29-18-/t24-/m0/s1. The van der Waals surface area contributed by atoms with E-state index in [2.05, 4.69) is 37.1 Å². The summed E-state index contributed by atoms with van der Waals surface area (Å²) in [6, 6.07) is 18.0. The van der Waals surface area contributed by atoms with Crippen LogP contribution >= 0.6 is 15.9 Å². The number of carbonyl (C=O) groups excluding carboxylic acids is 1. The number of rotatable bonds is 11. The maximum absolute atomic E-state index is 13.0. The fraction of sp³-hybridized carbons (Fsp3) is 0.185. The Kier molecular flexibility index (Phi) is 9.85. The first kappa shape index (κ1) is 27.9. The molecule has 0 unspecified atom stereocenters. The summed E-state index contributed by atoms with van der Waals surface area (Å²) < 4.78 is 40.0. The minimum atomic E-state index is -3.87. The molecule has 1 atom stereocenters. The highest BCUT2D eigenvalue weighted by molar-refractivity contribution is 9.10. The fourth-order valence-electron chi connectivity index (χ4n) is 3.36. The zero-order valence-corrected chi connectivity index (χ0v) is 22.7. The number of hydrazone groups is 1. The van der Waals surface area contributed by atoms with E-state index >= 15 is 0 Å². The lowest BCUT2D eigenvalue weighted by molar-refractivity contribution is -0.121. The van der Waals surface area contributed by atoms with Crippen LogP contribution in [0.4, 0.5) is 0 Å². The highest BCUT2D eigenvalue weighted by atomic mass is 79.9. The van der Waals surface area contributed by atoms with Crippen molar-refractivity contribution in [1.29, 1.82) is 0 Å². The minimum absolute atomic E-state index is 0.0781. The smallest absolute Gasteiger partial charge is 0.242 e. The number of methoxy groups -OCH3 is 1. The van der Waals surface area contributed by atoms with E-state index in [9.17, 15) is 13.2 Å². The number of sulfonamides is 1. The molecule has 3 aromatic carbocycles. The van der Waals surface area contributed by atoms with Gasteiger partial charge in [-0.25, -0.2) is 18.6 Å². The molecule has 0 fully saturated rings. The number of halogens is 1. The summed E-state index contributed by atoms with van der Waals surface area (Å²) >= 11 is 3.41. The summed E-state index contributed by atoms with van der Waals surface area (Å²) in [6.45, 7) is 1.95. The zero-order valence-electron chi connectivity index (χ0n) is 20.3. The zero-order chi connectivity index (χ0) is 26.8. The van der Waals surface area contributed by atoms with Gasteiger partial charge in [-0.1, -0.05) is 53.9 Å². The van der Waals surface area contributed by atoms with Gasteiger partial charge in [0.05, 0.1) is 28.7 Å². The van der Waals surface area contributed by atoms with Crippen LogP contribution in [0, 0.1) is 19.3 Å². The molecule has 1 amide bonds. The SMILES string of the molecule is C#CCOc1c(Br)cc(/C=N\NC(=O)C[C@H](NS(=O)(=O)c2ccc(C)cc2)c2ccccc2)cc1OC. The van der Waals surface area contributed by atoms with Crippen molar-refractivity contribution in [3.05, 3.63) is 87.9 Å². The van der Waals surface area contributed by atoms with Gasteiger partial charge >= 0.3 is 0 Å². The van der Waals surface area contributed by atoms with Crippen molar-refractivity contribution in [2.24, 2.45) is 5.10 Å². The lowest BCUT2D eigenvalue weighted by Crippen LogP contribution is -2.32. The summed E-state index contributed by atoms with van der Waals surface area (Å²) in [5.41, 5.74) is 4.66. The highest BCUT2D eigenvalue weighted by Crippen LogP contribution is 2.36. The number of hydrogen-bond donors (Lipinski definition) is 2. The van der Waals surface area contributed by atoms with E-state index in [1.165, 1.54) is 25.5 Å². The van der Waals surface area contributed by atoms with Crippen LogP contribution < -0.4 is 19.6 Å². The Bertz CT molecular complexity index is 1400. The van der Waals surface area contributed by atoms with E-state index in [0.29, 0.717) is 27.1 Å². The number of amides is 1. The number of nitrogens with one attached hydrogen (secondary N) is 2. The first-order chi connectivity index (χ1) is 17.7. The Morgan fingerprint density at radius 2 is 1.86 bits per heavy atom. The molecule has 0 heterocycles. The van der Waals surface area contributed by atoms with E-state index in [1.807, 2.05) is 13.0 Å². The quantitative estimate of drug-likeness (QED) is 0.198. The van der Waals surface area contributed by atoms with E-state index in [4.69, 9.17) is 15.9 Å². The van der Waals surface area contributed by atoms with E-state index < -0.39 is 22.0 Å². The molecule has 0 saturated heterocycles.